The van der Waals surface area contributed by atoms with Crippen LogP contribution in [0.2, 0.25) is 0 Å². The standard InChI is InChI=1S/C8H6BrNO2S/c1-13(11,12)8-3-2-6(5-10)4-7(8)9/h2-4H,1H3. The average Bonchev–Trinajstić information content (AvgIpc) is 2.01. The van der Waals surface area contributed by atoms with E-state index in [2.05, 4.69) is 15.9 Å². The van der Waals surface area contributed by atoms with Crippen molar-refractivity contribution in [2.75, 3.05) is 6.26 Å². The lowest BCUT2D eigenvalue weighted by atomic mass is 10.2. The average molecular weight is 260 g/mol. The van der Waals surface area contributed by atoms with E-state index in [1.54, 1.807) is 0 Å². The number of hydrogen-bond acceptors (Lipinski definition) is 3. The van der Waals surface area contributed by atoms with Crippen LogP contribution >= 0.6 is 15.9 Å². The maximum absolute atomic E-state index is 11.1. The zero-order chi connectivity index (χ0) is 10.1. The minimum absolute atomic E-state index is 0.200. The van der Waals surface area contributed by atoms with Crippen molar-refractivity contribution in [2.45, 2.75) is 4.90 Å². The van der Waals surface area contributed by atoms with Crippen LogP contribution in [-0.2, 0) is 9.84 Å². The summed E-state index contributed by atoms with van der Waals surface area (Å²) in [6.07, 6.45) is 1.12. The minimum Gasteiger partial charge on any atom is -0.224 e. The lowest BCUT2D eigenvalue weighted by molar-refractivity contribution is 0.601. The van der Waals surface area contributed by atoms with Crippen LogP contribution in [0, 0.1) is 11.3 Å². The van der Waals surface area contributed by atoms with Crippen molar-refractivity contribution in [1.82, 2.24) is 0 Å². The minimum atomic E-state index is -3.21. The van der Waals surface area contributed by atoms with Gasteiger partial charge in [-0.2, -0.15) is 5.26 Å². The molecule has 0 bridgehead atoms. The highest BCUT2D eigenvalue weighted by Crippen LogP contribution is 2.22. The Hall–Kier alpha value is -0.860. The number of halogens is 1. The Balaban J connectivity index is 3.40. The first-order chi connectivity index (χ1) is 5.95. The molecule has 0 aliphatic carbocycles. The molecule has 0 saturated heterocycles. The highest BCUT2D eigenvalue weighted by atomic mass is 79.9. The topological polar surface area (TPSA) is 57.9 Å². The molecule has 0 spiro atoms. The monoisotopic (exact) mass is 259 g/mol. The van der Waals surface area contributed by atoms with E-state index < -0.39 is 9.84 Å². The fraction of sp³-hybridized carbons (Fsp3) is 0.125. The van der Waals surface area contributed by atoms with Crippen LogP contribution in [0.25, 0.3) is 0 Å². The molecule has 0 fully saturated rings. The Kier molecular flexibility index (Phi) is 2.74. The van der Waals surface area contributed by atoms with Crippen LogP contribution in [0.1, 0.15) is 5.56 Å². The van der Waals surface area contributed by atoms with Gasteiger partial charge in [-0.05, 0) is 34.1 Å². The van der Waals surface area contributed by atoms with Crippen LogP contribution in [0.5, 0.6) is 0 Å². The second-order valence-electron chi connectivity index (χ2n) is 2.53. The van der Waals surface area contributed by atoms with E-state index in [1.807, 2.05) is 6.07 Å². The summed E-state index contributed by atoms with van der Waals surface area (Å²) in [5.74, 6) is 0. The zero-order valence-corrected chi connectivity index (χ0v) is 9.18. The van der Waals surface area contributed by atoms with Gasteiger partial charge in [0.1, 0.15) is 0 Å². The van der Waals surface area contributed by atoms with E-state index in [9.17, 15) is 8.42 Å². The highest BCUT2D eigenvalue weighted by Gasteiger charge is 2.11. The summed E-state index contributed by atoms with van der Waals surface area (Å²) in [6, 6.07) is 6.29. The molecule has 0 heterocycles. The molecular formula is C8H6BrNO2S. The van der Waals surface area contributed by atoms with Gasteiger partial charge >= 0.3 is 0 Å². The van der Waals surface area contributed by atoms with Crippen molar-refractivity contribution in [2.24, 2.45) is 0 Å². The largest absolute Gasteiger partial charge is 0.224 e. The van der Waals surface area contributed by atoms with Gasteiger partial charge < -0.3 is 0 Å². The smallest absolute Gasteiger partial charge is 0.176 e. The third-order valence-corrected chi connectivity index (χ3v) is 3.53. The number of benzene rings is 1. The number of nitrogens with zero attached hydrogens (tertiary/aromatic N) is 1. The summed E-state index contributed by atoms with van der Waals surface area (Å²) in [7, 11) is -3.21. The Morgan fingerprint density at radius 3 is 2.46 bits per heavy atom. The number of sulfone groups is 1. The van der Waals surface area contributed by atoms with Gasteiger partial charge in [0, 0.05) is 10.7 Å². The van der Waals surface area contributed by atoms with E-state index in [0.717, 1.165) is 6.26 Å². The lowest BCUT2D eigenvalue weighted by Gasteiger charge is -2.00. The summed E-state index contributed by atoms with van der Waals surface area (Å²) in [5, 5.41) is 8.54. The Morgan fingerprint density at radius 2 is 2.08 bits per heavy atom. The Morgan fingerprint density at radius 1 is 1.46 bits per heavy atom. The quantitative estimate of drug-likeness (QED) is 0.772. The maximum atomic E-state index is 11.1. The summed E-state index contributed by atoms with van der Waals surface area (Å²) in [5.41, 5.74) is 0.430. The van der Waals surface area contributed by atoms with Gasteiger partial charge in [-0.15, -0.1) is 0 Å². The van der Waals surface area contributed by atoms with Crippen LogP contribution in [0.15, 0.2) is 27.6 Å². The molecule has 0 amide bonds. The predicted molar refractivity (Wildman–Crippen MR) is 52.0 cm³/mol. The molecule has 5 heteroatoms. The van der Waals surface area contributed by atoms with Gasteiger partial charge in [0.2, 0.25) is 0 Å². The number of rotatable bonds is 1. The van der Waals surface area contributed by atoms with Gasteiger partial charge in [-0.25, -0.2) is 8.42 Å². The maximum Gasteiger partial charge on any atom is 0.176 e. The first-order valence-electron chi connectivity index (χ1n) is 3.35. The fourth-order valence-corrected chi connectivity index (χ4v) is 2.86. The van der Waals surface area contributed by atoms with Crippen molar-refractivity contribution in [3.63, 3.8) is 0 Å². The van der Waals surface area contributed by atoms with Crippen molar-refractivity contribution >= 4 is 25.8 Å². The Labute approximate surface area is 85.0 Å². The second-order valence-corrected chi connectivity index (χ2v) is 5.37. The van der Waals surface area contributed by atoms with Gasteiger partial charge in [0.15, 0.2) is 9.84 Å². The van der Waals surface area contributed by atoms with E-state index in [1.165, 1.54) is 18.2 Å². The summed E-state index contributed by atoms with van der Waals surface area (Å²) in [4.78, 5) is 0.200. The molecule has 0 aliphatic heterocycles. The second kappa shape index (κ2) is 3.48. The third kappa shape index (κ3) is 2.29. The van der Waals surface area contributed by atoms with Crippen LogP contribution < -0.4 is 0 Å². The molecule has 1 aromatic rings. The molecule has 1 rings (SSSR count). The van der Waals surface area contributed by atoms with Gasteiger partial charge in [-0.3, -0.25) is 0 Å². The molecule has 0 saturated carbocycles. The molecule has 0 aliphatic rings. The molecule has 68 valence electrons. The predicted octanol–water partition coefficient (Wildman–Crippen LogP) is 1.72. The zero-order valence-electron chi connectivity index (χ0n) is 6.78. The SMILES string of the molecule is CS(=O)(=O)c1ccc(C#N)cc1Br. The fourth-order valence-electron chi connectivity index (χ4n) is 0.871. The summed E-state index contributed by atoms with van der Waals surface area (Å²) in [6.45, 7) is 0. The van der Waals surface area contributed by atoms with Gasteiger partial charge in [-0.1, -0.05) is 0 Å². The van der Waals surface area contributed by atoms with Crippen molar-refractivity contribution in [3.05, 3.63) is 28.2 Å². The van der Waals surface area contributed by atoms with E-state index >= 15 is 0 Å². The molecule has 0 radical (unpaired) electrons. The van der Waals surface area contributed by atoms with Gasteiger partial charge in [0.05, 0.1) is 16.5 Å². The van der Waals surface area contributed by atoms with Crippen molar-refractivity contribution < 1.29 is 8.42 Å². The highest BCUT2D eigenvalue weighted by molar-refractivity contribution is 9.10. The van der Waals surface area contributed by atoms with E-state index in [0.29, 0.717) is 10.0 Å². The van der Waals surface area contributed by atoms with Gasteiger partial charge in [0.25, 0.3) is 0 Å². The normalized spacial score (nSPS) is 10.8. The molecule has 0 unspecified atom stereocenters. The Bertz CT molecular complexity index is 473. The summed E-state index contributed by atoms with van der Waals surface area (Å²) >= 11 is 3.09. The van der Waals surface area contributed by atoms with E-state index in [4.69, 9.17) is 5.26 Å². The molecule has 0 aromatic heterocycles. The molecule has 0 N–H and O–H groups in total. The van der Waals surface area contributed by atoms with E-state index in [-0.39, 0.29) is 4.90 Å². The van der Waals surface area contributed by atoms with Crippen molar-refractivity contribution in [3.8, 4) is 6.07 Å². The number of hydrogen-bond donors (Lipinski definition) is 0. The van der Waals surface area contributed by atoms with Crippen molar-refractivity contribution in [1.29, 1.82) is 5.26 Å². The van der Waals surface area contributed by atoms with Crippen LogP contribution in [0.3, 0.4) is 0 Å². The molecule has 1 aromatic carbocycles. The van der Waals surface area contributed by atoms with Crippen LogP contribution in [0.4, 0.5) is 0 Å². The molecule has 3 nitrogen and oxygen atoms in total. The third-order valence-electron chi connectivity index (χ3n) is 1.46. The summed E-state index contributed by atoms with van der Waals surface area (Å²) < 4.78 is 22.7. The first kappa shape index (κ1) is 10.2. The molecular weight excluding hydrogens is 254 g/mol. The lowest BCUT2D eigenvalue weighted by Crippen LogP contribution is -1.98. The molecule has 0 atom stereocenters. The molecule has 13 heavy (non-hydrogen) atoms. The first-order valence-corrected chi connectivity index (χ1v) is 6.03. The number of nitriles is 1. The van der Waals surface area contributed by atoms with Crippen LogP contribution in [-0.4, -0.2) is 14.7 Å².